The van der Waals surface area contributed by atoms with Crippen LogP contribution in [-0.2, 0) is 21.1 Å². The molecule has 0 fully saturated rings. The van der Waals surface area contributed by atoms with Gasteiger partial charge >= 0.3 is 0 Å². The van der Waals surface area contributed by atoms with Gasteiger partial charge < -0.3 is 27.8 Å². The molecule has 9 nitrogen and oxygen atoms in total. The summed E-state index contributed by atoms with van der Waals surface area (Å²) in [5.74, 6) is 2.39. The predicted octanol–water partition coefficient (Wildman–Crippen LogP) is 10.7. The second-order valence-corrected chi connectivity index (χ2v) is 13.2. The van der Waals surface area contributed by atoms with Crippen molar-refractivity contribution in [2.45, 2.75) is 0 Å². The van der Waals surface area contributed by atoms with Gasteiger partial charge in [-0.25, -0.2) is 9.97 Å². The second kappa shape index (κ2) is 11.5. The molecule has 0 N–H and O–H groups in total. The first-order valence-corrected chi connectivity index (χ1v) is 17.3. The van der Waals surface area contributed by atoms with E-state index < -0.39 is 0 Å². The van der Waals surface area contributed by atoms with Gasteiger partial charge in [-0.2, -0.15) is 6.67 Å². The Morgan fingerprint density at radius 2 is 1.52 bits per heavy atom. The van der Waals surface area contributed by atoms with Crippen LogP contribution in [0.3, 0.4) is 0 Å². The number of hydrogen-bond acceptors (Lipinski definition) is 7. The summed E-state index contributed by atoms with van der Waals surface area (Å²) in [6.07, 6.45) is 1.78. The molecule has 12 rings (SSSR count). The molecule has 0 unspecified atom stereocenters. The van der Waals surface area contributed by atoms with Crippen molar-refractivity contribution in [1.29, 1.82) is 0 Å². The zero-order valence-electron chi connectivity index (χ0n) is 28.4. The summed E-state index contributed by atoms with van der Waals surface area (Å²) in [6.45, 7) is 2.06. The van der Waals surface area contributed by atoms with Crippen LogP contribution in [0.5, 0.6) is 11.5 Å². The maximum atomic E-state index is 6.81. The molecule has 6 aromatic carbocycles. The number of imidazole rings is 2. The third-order valence-corrected chi connectivity index (χ3v) is 10.2. The summed E-state index contributed by atoms with van der Waals surface area (Å²) in [4.78, 5) is 13.9. The standard InChI is InChI=1S/C44H25N6O3.Pt/c1-47-25-48(34-14-6-5-13-33(34)47)26-22-30-41-38(20-18-29-28-10-2-7-15-37(28)52-43(29)41)53-42(30)39(23-26)51-27-17-19-35-36(24-27)50(40-16-8-9-21-45-40)44-46-31-11-3-4-12-32(31)49(35)44;/h2-22,25H,1H3;/q-3;. The van der Waals surface area contributed by atoms with Crippen LogP contribution in [0.25, 0.3) is 77.5 Å². The number of ether oxygens (including phenoxy) is 1. The molecule has 0 saturated carbocycles. The number of nitrogens with zero attached hydrogens (tertiary/aromatic N) is 6. The van der Waals surface area contributed by atoms with E-state index in [2.05, 4.69) is 69.4 Å². The molecule has 262 valence electrons. The first-order chi connectivity index (χ1) is 26.2. The SMILES string of the molecule is CN1[CH-]N(c2[c-]c(Oc3[c-]c4c(cc3)n3c5ccccc5nc3n4-c3ccccn3)c3oc4ccc5c6ccccc6oc5c4c3c2)c2ccccc21.[Pt]. The summed E-state index contributed by atoms with van der Waals surface area (Å²) in [7, 11) is 2.04. The van der Waals surface area contributed by atoms with E-state index in [4.69, 9.17) is 23.5 Å². The Balaban J connectivity index is 0.00000341. The van der Waals surface area contributed by atoms with E-state index in [9.17, 15) is 0 Å². The van der Waals surface area contributed by atoms with Gasteiger partial charge in [0, 0.05) is 60.5 Å². The second-order valence-electron chi connectivity index (χ2n) is 13.2. The fraction of sp³-hybridized carbons (Fsp3) is 0.0227. The van der Waals surface area contributed by atoms with Gasteiger partial charge in [0.25, 0.3) is 0 Å². The first kappa shape index (κ1) is 31.0. The smallest absolute Gasteiger partial charge is 0.208 e. The first-order valence-electron chi connectivity index (χ1n) is 17.3. The number of benzene rings is 6. The van der Waals surface area contributed by atoms with E-state index in [1.54, 1.807) is 6.20 Å². The van der Waals surface area contributed by atoms with Gasteiger partial charge in [-0.1, -0.05) is 59.6 Å². The average Bonchev–Trinajstić information content (AvgIpc) is 4.00. The van der Waals surface area contributed by atoms with Crippen LogP contribution >= 0.6 is 0 Å². The summed E-state index contributed by atoms with van der Waals surface area (Å²) in [6, 6.07) is 47.6. The molecular formula is C44H25N6O3Pt-3. The van der Waals surface area contributed by atoms with E-state index in [0.29, 0.717) is 22.7 Å². The summed E-state index contributed by atoms with van der Waals surface area (Å²) in [5.41, 5.74) is 9.37. The van der Waals surface area contributed by atoms with E-state index in [-0.39, 0.29) is 21.1 Å². The number of fused-ring (bicyclic) bond motifs is 13. The maximum absolute atomic E-state index is 6.81. The predicted molar refractivity (Wildman–Crippen MR) is 207 cm³/mol. The van der Waals surface area contributed by atoms with Crippen molar-refractivity contribution >= 4 is 88.8 Å². The topological polar surface area (TPSA) is 77.1 Å². The Labute approximate surface area is 321 Å². The molecule has 0 bridgehead atoms. The van der Waals surface area contributed by atoms with Gasteiger partial charge in [0.15, 0.2) is 0 Å². The number of rotatable bonds is 4. The third-order valence-electron chi connectivity index (χ3n) is 10.2. The van der Waals surface area contributed by atoms with Crippen LogP contribution in [0.1, 0.15) is 0 Å². The maximum Gasteiger partial charge on any atom is 0.208 e. The van der Waals surface area contributed by atoms with Crippen molar-refractivity contribution in [1.82, 2.24) is 18.9 Å². The van der Waals surface area contributed by atoms with Crippen molar-refractivity contribution in [3.8, 4) is 17.3 Å². The van der Waals surface area contributed by atoms with Crippen LogP contribution in [0, 0.1) is 18.8 Å². The Morgan fingerprint density at radius 3 is 2.43 bits per heavy atom. The fourth-order valence-corrected chi connectivity index (χ4v) is 7.88. The number of hydrogen-bond donors (Lipinski definition) is 0. The van der Waals surface area contributed by atoms with E-state index in [1.807, 2.05) is 96.5 Å². The van der Waals surface area contributed by atoms with E-state index in [1.165, 1.54) is 0 Å². The Hall–Kier alpha value is -6.57. The molecule has 0 atom stereocenters. The zero-order valence-corrected chi connectivity index (χ0v) is 30.7. The van der Waals surface area contributed by atoms with Crippen molar-refractivity contribution in [3.63, 3.8) is 0 Å². The number of furan rings is 2. The minimum Gasteiger partial charge on any atom is -0.512 e. The van der Waals surface area contributed by atoms with Gasteiger partial charge in [-0.15, -0.1) is 30.3 Å². The number of pyridine rings is 1. The van der Waals surface area contributed by atoms with Gasteiger partial charge in [-0.3, -0.25) is 4.57 Å². The molecule has 0 spiro atoms. The van der Waals surface area contributed by atoms with Gasteiger partial charge in [0.1, 0.15) is 22.6 Å². The molecular weight excluding hydrogens is 856 g/mol. The average molecular weight is 881 g/mol. The minimum absolute atomic E-state index is 0. The van der Waals surface area contributed by atoms with Crippen LogP contribution in [0.2, 0.25) is 0 Å². The molecule has 6 heterocycles. The minimum atomic E-state index is 0. The number of aromatic nitrogens is 4. The summed E-state index contributed by atoms with van der Waals surface area (Å²) >= 11 is 0. The van der Waals surface area contributed by atoms with Crippen LogP contribution < -0.4 is 14.5 Å². The molecule has 1 aliphatic heterocycles. The third kappa shape index (κ3) is 4.30. The molecule has 1 aliphatic rings. The van der Waals surface area contributed by atoms with Crippen LogP contribution in [0.15, 0.2) is 136 Å². The van der Waals surface area contributed by atoms with Crippen molar-refractivity contribution in [2.75, 3.05) is 16.8 Å². The Morgan fingerprint density at radius 1 is 0.704 bits per heavy atom. The monoisotopic (exact) mass is 880 g/mol. The quantitative estimate of drug-likeness (QED) is 0.163. The van der Waals surface area contributed by atoms with E-state index in [0.717, 1.165) is 83.4 Å². The molecule has 54 heavy (non-hydrogen) atoms. The zero-order chi connectivity index (χ0) is 34.8. The normalized spacial score (nSPS) is 13.0. The van der Waals surface area contributed by atoms with Crippen LogP contribution in [0.4, 0.5) is 17.1 Å². The van der Waals surface area contributed by atoms with E-state index >= 15 is 0 Å². The molecule has 0 saturated heterocycles. The molecule has 5 aromatic heterocycles. The molecule has 0 radical (unpaired) electrons. The Bertz CT molecular complexity index is 3290. The molecule has 0 aliphatic carbocycles. The number of para-hydroxylation sites is 5. The largest absolute Gasteiger partial charge is 0.512 e. The van der Waals surface area contributed by atoms with Crippen molar-refractivity contribution < 1.29 is 34.6 Å². The fourth-order valence-electron chi connectivity index (χ4n) is 7.88. The van der Waals surface area contributed by atoms with Gasteiger partial charge in [0.2, 0.25) is 5.78 Å². The number of anilines is 3. The van der Waals surface area contributed by atoms with Gasteiger partial charge in [-0.05, 0) is 72.7 Å². The van der Waals surface area contributed by atoms with Gasteiger partial charge in [0.05, 0.1) is 22.4 Å². The van der Waals surface area contributed by atoms with Crippen molar-refractivity contribution in [2.24, 2.45) is 0 Å². The molecule has 11 aromatic rings. The molecule has 10 heteroatoms. The van der Waals surface area contributed by atoms with Crippen molar-refractivity contribution in [3.05, 3.63) is 146 Å². The van der Waals surface area contributed by atoms with Crippen LogP contribution in [-0.4, -0.2) is 26.0 Å². The molecule has 0 amide bonds. The Kier molecular flexibility index (Phi) is 6.58. The summed E-state index contributed by atoms with van der Waals surface area (Å²) in [5, 5.41) is 3.82. The summed E-state index contributed by atoms with van der Waals surface area (Å²) < 4.78 is 24.1.